The van der Waals surface area contributed by atoms with E-state index in [4.69, 9.17) is 0 Å². The Kier molecular flexibility index (Phi) is 7.05. The van der Waals surface area contributed by atoms with E-state index in [1.807, 2.05) is 0 Å². The van der Waals surface area contributed by atoms with Crippen LogP contribution in [0, 0.1) is 0 Å². The van der Waals surface area contributed by atoms with Gasteiger partial charge in [-0.1, -0.05) is 19.1 Å². The largest absolute Gasteiger partial charge is 0.469 e. The topological polar surface area (TPSA) is 29.5 Å². The Morgan fingerprint density at radius 3 is 2.53 bits per heavy atom. The molecule has 0 aromatic rings. The van der Waals surface area contributed by atoms with Gasteiger partial charge in [0.25, 0.3) is 0 Å². The first kappa shape index (κ1) is 14.2. The minimum absolute atomic E-state index is 0.160. The van der Waals surface area contributed by atoms with Crippen LogP contribution in [0.1, 0.15) is 33.1 Å². The number of methoxy groups -OCH3 is 1. The number of nitrogens with zero attached hydrogens (tertiary/aromatic N) is 1. The van der Waals surface area contributed by atoms with Crippen LogP contribution in [0.25, 0.3) is 0 Å². The normalized spacial score (nSPS) is 12.6. The molecule has 0 bridgehead atoms. The van der Waals surface area contributed by atoms with Gasteiger partial charge in [-0.3, -0.25) is 4.79 Å². The van der Waals surface area contributed by atoms with Crippen LogP contribution in [0.3, 0.4) is 0 Å². The van der Waals surface area contributed by atoms with Gasteiger partial charge in [0.05, 0.1) is 7.11 Å². The summed E-state index contributed by atoms with van der Waals surface area (Å²) in [5.41, 5.74) is 1.12. The highest BCUT2D eigenvalue weighted by atomic mass is 16.5. The van der Waals surface area contributed by atoms with E-state index in [0.717, 1.165) is 25.0 Å². The van der Waals surface area contributed by atoms with Crippen molar-refractivity contribution in [3.63, 3.8) is 0 Å². The molecule has 0 saturated heterocycles. The van der Waals surface area contributed by atoms with Crippen LogP contribution < -0.4 is 0 Å². The van der Waals surface area contributed by atoms with Gasteiger partial charge in [-0.15, -0.1) is 0 Å². The molecule has 0 heterocycles. The van der Waals surface area contributed by atoms with Crippen molar-refractivity contribution in [2.75, 3.05) is 20.7 Å². The van der Waals surface area contributed by atoms with Crippen LogP contribution in [-0.4, -0.2) is 37.6 Å². The summed E-state index contributed by atoms with van der Waals surface area (Å²) in [5, 5.41) is 0. The maximum atomic E-state index is 10.9. The van der Waals surface area contributed by atoms with Crippen LogP contribution >= 0.6 is 0 Å². The second kappa shape index (κ2) is 7.46. The van der Waals surface area contributed by atoms with E-state index < -0.39 is 0 Å². The average Bonchev–Trinajstić information content (AvgIpc) is 2.24. The number of rotatable bonds is 7. The zero-order chi connectivity index (χ0) is 11.8. The Labute approximate surface area is 93.1 Å². The molecule has 0 aliphatic heterocycles. The summed E-state index contributed by atoms with van der Waals surface area (Å²) < 4.78 is 4.58. The summed E-state index contributed by atoms with van der Waals surface area (Å²) in [4.78, 5) is 13.2. The van der Waals surface area contributed by atoms with E-state index in [1.165, 1.54) is 7.11 Å². The summed E-state index contributed by atoms with van der Waals surface area (Å²) in [6.07, 6.45) is 2.12. The van der Waals surface area contributed by atoms with Gasteiger partial charge in [0, 0.05) is 12.5 Å². The van der Waals surface area contributed by atoms with Gasteiger partial charge in [-0.2, -0.15) is 0 Å². The monoisotopic (exact) mass is 213 g/mol. The molecule has 0 aliphatic carbocycles. The van der Waals surface area contributed by atoms with E-state index in [2.05, 4.69) is 37.1 Å². The second-order valence-electron chi connectivity index (χ2n) is 3.95. The minimum atomic E-state index is -0.160. The van der Waals surface area contributed by atoms with E-state index in [1.54, 1.807) is 0 Å². The molecule has 0 N–H and O–H groups in total. The molecule has 0 radical (unpaired) electrons. The number of carbonyl (C=O) groups is 1. The number of hydrogen-bond acceptors (Lipinski definition) is 3. The van der Waals surface area contributed by atoms with Crippen molar-refractivity contribution < 1.29 is 9.53 Å². The minimum Gasteiger partial charge on any atom is -0.469 e. The van der Waals surface area contributed by atoms with E-state index in [9.17, 15) is 4.79 Å². The van der Waals surface area contributed by atoms with E-state index in [-0.39, 0.29) is 5.97 Å². The highest BCUT2D eigenvalue weighted by Crippen LogP contribution is 2.13. The summed E-state index contributed by atoms with van der Waals surface area (Å²) in [5.74, 6) is -0.160. The summed E-state index contributed by atoms with van der Waals surface area (Å²) in [7, 11) is 3.51. The quantitative estimate of drug-likeness (QED) is 0.480. The van der Waals surface area contributed by atoms with Crippen molar-refractivity contribution in [3.8, 4) is 0 Å². The third-order valence-corrected chi connectivity index (χ3v) is 2.75. The lowest BCUT2D eigenvalue weighted by atomic mass is 10.0. The van der Waals surface area contributed by atoms with E-state index >= 15 is 0 Å². The molecular weight excluding hydrogens is 190 g/mol. The Morgan fingerprint density at radius 2 is 2.07 bits per heavy atom. The summed E-state index contributed by atoms with van der Waals surface area (Å²) >= 11 is 0. The summed E-state index contributed by atoms with van der Waals surface area (Å²) in [6, 6.07) is 0.486. The SMILES string of the molecule is C=C(CCC(=O)OC)CC(C)N(C)CC. The van der Waals surface area contributed by atoms with Gasteiger partial charge < -0.3 is 9.64 Å². The molecular formula is C12H23NO2. The van der Waals surface area contributed by atoms with Gasteiger partial charge in [0.1, 0.15) is 0 Å². The number of carbonyl (C=O) groups excluding carboxylic acids is 1. The van der Waals surface area contributed by atoms with Crippen molar-refractivity contribution in [2.45, 2.75) is 39.2 Å². The third kappa shape index (κ3) is 6.28. The van der Waals surface area contributed by atoms with Crippen LogP contribution in [-0.2, 0) is 9.53 Å². The first-order valence-electron chi connectivity index (χ1n) is 5.45. The van der Waals surface area contributed by atoms with Crippen LogP contribution in [0.15, 0.2) is 12.2 Å². The molecule has 15 heavy (non-hydrogen) atoms. The highest BCUT2D eigenvalue weighted by molar-refractivity contribution is 5.69. The first-order chi connectivity index (χ1) is 7.01. The van der Waals surface area contributed by atoms with E-state index in [0.29, 0.717) is 12.5 Å². The number of ether oxygens (including phenoxy) is 1. The predicted molar refractivity (Wildman–Crippen MR) is 62.8 cm³/mol. The smallest absolute Gasteiger partial charge is 0.305 e. The van der Waals surface area contributed by atoms with Crippen LogP contribution in [0.4, 0.5) is 0 Å². The third-order valence-electron chi connectivity index (χ3n) is 2.75. The van der Waals surface area contributed by atoms with Crippen molar-refractivity contribution in [1.82, 2.24) is 4.90 Å². The lowest BCUT2D eigenvalue weighted by Crippen LogP contribution is -2.29. The fourth-order valence-corrected chi connectivity index (χ4v) is 1.37. The molecule has 0 spiro atoms. The molecule has 0 aromatic carbocycles. The number of hydrogen-bond donors (Lipinski definition) is 0. The molecule has 3 heteroatoms. The Balaban J connectivity index is 3.78. The molecule has 1 atom stereocenters. The van der Waals surface area contributed by atoms with Crippen LogP contribution in [0.5, 0.6) is 0 Å². The van der Waals surface area contributed by atoms with Crippen molar-refractivity contribution in [3.05, 3.63) is 12.2 Å². The molecule has 0 aliphatic rings. The molecule has 0 amide bonds. The fraction of sp³-hybridized carbons (Fsp3) is 0.750. The van der Waals surface area contributed by atoms with Crippen molar-refractivity contribution >= 4 is 5.97 Å². The zero-order valence-corrected chi connectivity index (χ0v) is 10.4. The summed E-state index contributed by atoms with van der Waals surface area (Å²) in [6.45, 7) is 9.32. The fourth-order valence-electron chi connectivity index (χ4n) is 1.37. The van der Waals surface area contributed by atoms with Gasteiger partial charge >= 0.3 is 5.97 Å². The predicted octanol–water partition coefficient (Wildman–Crippen LogP) is 2.23. The standard InChI is InChI=1S/C12H23NO2/c1-6-13(4)11(3)9-10(2)7-8-12(14)15-5/h11H,2,6-9H2,1,3-5H3. The molecule has 0 fully saturated rings. The molecule has 0 saturated carbocycles. The Bertz CT molecular complexity index is 214. The Hall–Kier alpha value is -0.830. The first-order valence-corrected chi connectivity index (χ1v) is 5.45. The zero-order valence-electron chi connectivity index (χ0n) is 10.4. The lowest BCUT2D eigenvalue weighted by molar-refractivity contribution is -0.140. The van der Waals surface area contributed by atoms with Gasteiger partial charge in [-0.25, -0.2) is 0 Å². The average molecular weight is 213 g/mol. The number of esters is 1. The highest BCUT2D eigenvalue weighted by Gasteiger charge is 2.09. The van der Waals surface area contributed by atoms with Crippen molar-refractivity contribution in [1.29, 1.82) is 0 Å². The second-order valence-corrected chi connectivity index (χ2v) is 3.95. The van der Waals surface area contributed by atoms with Gasteiger partial charge in [0.15, 0.2) is 0 Å². The molecule has 88 valence electrons. The molecule has 0 rings (SSSR count). The maximum Gasteiger partial charge on any atom is 0.305 e. The molecule has 0 aromatic heterocycles. The Morgan fingerprint density at radius 1 is 1.47 bits per heavy atom. The van der Waals surface area contributed by atoms with Gasteiger partial charge in [-0.05, 0) is 33.4 Å². The lowest BCUT2D eigenvalue weighted by Gasteiger charge is -2.23. The van der Waals surface area contributed by atoms with Gasteiger partial charge in [0.2, 0.25) is 0 Å². The maximum absolute atomic E-state index is 10.9. The molecule has 3 nitrogen and oxygen atoms in total. The molecule has 1 unspecified atom stereocenters. The van der Waals surface area contributed by atoms with Crippen LogP contribution in [0.2, 0.25) is 0 Å². The van der Waals surface area contributed by atoms with Crippen molar-refractivity contribution in [2.24, 2.45) is 0 Å².